The van der Waals surface area contributed by atoms with E-state index in [-0.39, 0.29) is 11.9 Å². The summed E-state index contributed by atoms with van der Waals surface area (Å²) in [6.45, 7) is 3.04. The zero-order valence-electron chi connectivity index (χ0n) is 11.7. The number of fused-ring (bicyclic) bond motifs is 1. The second-order valence-corrected chi connectivity index (χ2v) is 5.32. The average molecular weight is 276 g/mol. The van der Waals surface area contributed by atoms with Gasteiger partial charge in [0.25, 0.3) is 0 Å². The Morgan fingerprint density at radius 2 is 2.25 bits per heavy atom. The van der Waals surface area contributed by atoms with Crippen LogP contribution in [-0.2, 0) is 4.79 Å². The number of hydrogen-bond acceptors (Lipinski definition) is 4. The van der Waals surface area contributed by atoms with E-state index in [0.29, 0.717) is 13.2 Å². The minimum Gasteiger partial charge on any atom is -0.497 e. The lowest BCUT2D eigenvalue weighted by Crippen LogP contribution is -2.38. The Balaban J connectivity index is 1.61. The molecule has 3 rings (SSSR count). The molecule has 2 aliphatic rings. The topological polar surface area (TPSA) is 50.8 Å². The van der Waals surface area contributed by atoms with Crippen molar-refractivity contribution in [2.75, 3.05) is 33.4 Å². The maximum Gasteiger partial charge on any atom is 0.234 e. The largest absolute Gasteiger partial charge is 0.497 e. The van der Waals surface area contributed by atoms with Gasteiger partial charge in [-0.25, -0.2) is 0 Å². The predicted octanol–water partition coefficient (Wildman–Crippen LogP) is 1.34. The first-order valence-corrected chi connectivity index (χ1v) is 7.09. The van der Waals surface area contributed by atoms with Crippen LogP contribution in [0.2, 0.25) is 0 Å². The van der Waals surface area contributed by atoms with Crippen LogP contribution in [0, 0.1) is 0 Å². The number of benzene rings is 1. The molecule has 2 aliphatic heterocycles. The van der Waals surface area contributed by atoms with Crippen molar-refractivity contribution in [1.82, 2.24) is 10.2 Å². The monoisotopic (exact) mass is 276 g/mol. The molecule has 0 aromatic heterocycles. The zero-order chi connectivity index (χ0) is 13.9. The zero-order valence-corrected chi connectivity index (χ0v) is 11.7. The number of rotatable bonds is 4. The van der Waals surface area contributed by atoms with Crippen LogP contribution in [0.3, 0.4) is 0 Å². The summed E-state index contributed by atoms with van der Waals surface area (Å²) in [5.41, 5.74) is 1.03. The summed E-state index contributed by atoms with van der Waals surface area (Å²) >= 11 is 0. The van der Waals surface area contributed by atoms with Gasteiger partial charge in [0, 0.05) is 11.6 Å². The van der Waals surface area contributed by atoms with Crippen molar-refractivity contribution < 1.29 is 14.3 Å². The van der Waals surface area contributed by atoms with Crippen molar-refractivity contribution in [3.8, 4) is 11.5 Å². The number of hydrogen-bond donors (Lipinski definition) is 1. The summed E-state index contributed by atoms with van der Waals surface area (Å²) in [7, 11) is 1.63. The molecule has 1 aromatic carbocycles. The maximum atomic E-state index is 12.1. The molecular formula is C15H20N2O3. The van der Waals surface area contributed by atoms with Gasteiger partial charge in [0.15, 0.2) is 0 Å². The number of ether oxygens (including phenoxy) is 2. The summed E-state index contributed by atoms with van der Waals surface area (Å²) in [6.07, 6.45) is 2.39. The van der Waals surface area contributed by atoms with Gasteiger partial charge in [0.1, 0.15) is 18.1 Å². The Bertz CT molecular complexity index is 498. The van der Waals surface area contributed by atoms with Gasteiger partial charge in [-0.05, 0) is 38.1 Å². The van der Waals surface area contributed by atoms with Gasteiger partial charge in [-0.2, -0.15) is 0 Å². The Kier molecular flexibility index (Phi) is 3.78. The molecule has 0 aliphatic carbocycles. The third kappa shape index (κ3) is 2.72. The molecule has 0 spiro atoms. The SMILES string of the molecule is COc1ccc2c(c1)OCC2NC(=O)CN1CCCC1. The molecule has 5 heteroatoms. The van der Waals surface area contributed by atoms with Crippen molar-refractivity contribution in [2.24, 2.45) is 0 Å². The van der Waals surface area contributed by atoms with Gasteiger partial charge < -0.3 is 14.8 Å². The Morgan fingerprint density at radius 1 is 1.45 bits per heavy atom. The number of carbonyl (C=O) groups is 1. The summed E-state index contributed by atoms with van der Waals surface area (Å²) in [6, 6.07) is 5.67. The predicted molar refractivity (Wildman–Crippen MR) is 75.0 cm³/mol. The number of carbonyl (C=O) groups excluding carboxylic acids is 1. The van der Waals surface area contributed by atoms with E-state index >= 15 is 0 Å². The first-order valence-electron chi connectivity index (χ1n) is 7.09. The Hall–Kier alpha value is -1.75. The fraction of sp³-hybridized carbons (Fsp3) is 0.533. The van der Waals surface area contributed by atoms with E-state index in [4.69, 9.17) is 9.47 Å². The first kappa shape index (κ1) is 13.2. The molecule has 0 saturated carbocycles. The molecule has 1 fully saturated rings. The Labute approximate surface area is 118 Å². The van der Waals surface area contributed by atoms with Crippen molar-refractivity contribution in [3.05, 3.63) is 23.8 Å². The molecule has 2 heterocycles. The average Bonchev–Trinajstić information content (AvgIpc) is 3.08. The molecule has 1 atom stereocenters. The number of nitrogens with zero attached hydrogens (tertiary/aromatic N) is 1. The van der Waals surface area contributed by atoms with Crippen LogP contribution in [0.5, 0.6) is 11.5 Å². The lowest BCUT2D eigenvalue weighted by atomic mass is 10.1. The second-order valence-electron chi connectivity index (χ2n) is 5.32. The van der Waals surface area contributed by atoms with E-state index in [1.165, 1.54) is 12.8 Å². The van der Waals surface area contributed by atoms with Crippen LogP contribution < -0.4 is 14.8 Å². The highest BCUT2D eigenvalue weighted by Crippen LogP contribution is 2.35. The Morgan fingerprint density at radius 3 is 3.00 bits per heavy atom. The summed E-state index contributed by atoms with van der Waals surface area (Å²) < 4.78 is 10.8. The maximum absolute atomic E-state index is 12.1. The quantitative estimate of drug-likeness (QED) is 0.901. The minimum absolute atomic E-state index is 0.0500. The van der Waals surface area contributed by atoms with Crippen LogP contribution in [0.15, 0.2) is 18.2 Å². The second kappa shape index (κ2) is 5.71. The lowest BCUT2D eigenvalue weighted by Gasteiger charge is -2.17. The third-order valence-corrected chi connectivity index (χ3v) is 3.90. The molecule has 1 aromatic rings. The minimum atomic E-state index is -0.0500. The highest BCUT2D eigenvalue weighted by Gasteiger charge is 2.26. The van der Waals surface area contributed by atoms with Crippen LogP contribution in [0.1, 0.15) is 24.4 Å². The molecule has 1 N–H and O–H groups in total. The molecule has 0 radical (unpaired) electrons. The van der Waals surface area contributed by atoms with E-state index < -0.39 is 0 Å². The fourth-order valence-corrected chi connectivity index (χ4v) is 2.82. The summed E-state index contributed by atoms with van der Waals surface area (Å²) in [5.74, 6) is 1.65. The van der Waals surface area contributed by atoms with Crippen LogP contribution in [0.25, 0.3) is 0 Å². The molecule has 1 saturated heterocycles. The van der Waals surface area contributed by atoms with Gasteiger partial charge >= 0.3 is 0 Å². The third-order valence-electron chi connectivity index (χ3n) is 3.90. The molecule has 0 bridgehead atoms. The fourth-order valence-electron chi connectivity index (χ4n) is 2.82. The highest BCUT2D eigenvalue weighted by atomic mass is 16.5. The molecule has 108 valence electrons. The van der Waals surface area contributed by atoms with Crippen molar-refractivity contribution in [3.63, 3.8) is 0 Å². The van der Waals surface area contributed by atoms with Gasteiger partial charge in [0.05, 0.1) is 19.7 Å². The van der Waals surface area contributed by atoms with E-state index in [1.807, 2.05) is 18.2 Å². The molecule has 5 nitrogen and oxygen atoms in total. The summed E-state index contributed by atoms with van der Waals surface area (Å²) in [4.78, 5) is 14.2. The van der Waals surface area contributed by atoms with Gasteiger partial charge in [-0.15, -0.1) is 0 Å². The number of likely N-dealkylation sites (tertiary alicyclic amines) is 1. The van der Waals surface area contributed by atoms with Gasteiger partial charge in [0.2, 0.25) is 5.91 Å². The van der Waals surface area contributed by atoms with Crippen LogP contribution in [-0.4, -0.2) is 44.2 Å². The highest BCUT2D eigenvalue weighted by molar-refractivity contribution is 5.78. The van der Waals surface area contributed by atoms with E-state index in [0.717, 1.165) is 30.2 Å². The van der Waals surface area contributed by atoms with E-state index in [9.17, 15) is 4.79 Å². The molecule has 1 amide bonds. The standard InChI is InChI=1S/C15H20N2O3/c1-19-11-4-5-12-13(10-20-14(12)8-11)16-15(18)9-17-6-2-3-7-17/h4-5,8,13H,2-3,6-7,9-10H2,1H3,(H,16,18). The first-order chi connectivity index (χ1) is 9.76. The number of amides is 1. The van der Waals surface area contributed by atoms with Gasteiger partial charge in [-0.1, -0.05) is 0 Å². The van der Waals surface area contributed by atoms with Crippen molar-refractivity contribution >= 4 is 5.91 Å². The molecular weight excluding hydrogens is 256 g/mol. The molecule has 1 unspecified atom stereocenters. The van der Waals surface area contributed by atoms with Crippen LogP contribution in [0.4, 0.5) is 0 Å². The normalized spacial score (nSPS) is 21.4. The van der Waals surface area contributed by atoms with Crippen molar-refractivity contribution in [2.45, 2.75) is 18.9 Å². The smallest absolute Gasteiger partial charge is 0.234 e. The van der Waals surface area contributed by atoms with E-state index in [2.05, 4.69) is 10.2 Å². The van der Waals surface area contributed by atoms with Gasteiger partial charge in [-0.3, -0.25) is 9.69 Å². The number of nitrogens with one attached hydrogen (secondary N) is 1. The molecule has 20 heavy (non-hydrogen) atoms. The van der Waals surface area contributed by atoms with E-state index in [1.54, 1.807) is 7.11 Å². The van der Waals surface area contributed by atoms with Crippen LogP contribution >= 0.6 is 0 Å². The summed E-state index contributed by atoms with van der Waals surface area (Å²) in [5, 5.41) is 3.05. The number of methoxy groups -OCH3 is 1. The van der Waals surface area contributed by atoms with Crippen molar-refractivity contribution in [1.29, 1.82) is 0 Å². The lowest BCUT2D eigenvalue weighted by molar-refractivity contribution is -0.122.